The van der Waals surface area contributed by atoms with Crippen LogP contribution in [0.25, 0.3) is 11.1 Å². The van der Waals surface area contributed by atoms with Crippen LogP contribution in [0.4, 0.5) is 0 Å². The Hall–Kier alpha value is -0.350. The van der Waals surface area contributed by atoms with Crippen LogP contribution in [-0.4, -0.2) is 4.98 Å². The lowest BCUT2D eigenvalue weighted by Gasteiger charge is -2.01. The molecule has 0 spiro atoms. The van der Waals surface area contributed by atoms with Gasteiger partial charge in [0.25, 0.3) is 0 Å². The van der Waals surface area contributed by atoms with Gasteiger partial charge in [0.05, 0.1) is 15.1 Å². The molecule has 2 aromatic rings. The maximum atomic E-state index is 10.9. The highest BCUT2D eigenvalue weighted by Crippen LogP contribution is 2.41. The van der Waals surface area contributed by atoms with E-state index in [9.17, 15) is 4.79 Å². The van der Waals surface area contributed by atoms with Crippen molar-refractivity contribution in [2.45, 2.75) is 0 Å². The second-order valence-electron chi connectivity index (χ2n) is 2.47. The molecule has 0 aliphatic carbocycles. The predicted molar refractivity (Wildman–Crippen MR) is 56.9 cm³/mol. The SMILES string of the molecule is O=c1[nH]c2c(Cl)c(Cl)c(Cl)c(Cl)c2o1. The highest BCUT2D eigenvalue weighted by Gasteiger charge is 2.18. The largest absolute Gasteiger partial charge is 0.417 e. The summed E-state index contributed by atoms with van der Waals surface area (Å²) in [7, 11) is 0. The molecule has 0 saturated carbocycles. The normalized spacial score (nSPS) is 11.1. The minimum Gasteiger partial charge on any atom is -0.406 e. The lowest BCUT2D eigenvalue weighted by molar-refractivity contribution is 0.555. The molecule has 2 rings (SSSR count). The van der Waals surface area contributed by atoms with E-state index in [1.807, 2.05) is 0 Å². The summed E-state index contributed by atoms with van der Waals surface area (Å²) in [6.45, 7) is 0. The summed E-state index contributed by atoms with van der Waals surface area (Å²) in [6, 6.07) is 0. The molecule has 0 radical (unpaired) electrons. The molecule has 1 aromatic carbocycles. The molecule has 7 heteroatoms. The van der Waals surface area contributed by atoms with Crippen LogP contribution >= 0.6 is 46.4 Å². The monoisotopic (exact) mass is 271 g/mol. The number of hydrogen-bond acceptors (Lipinski definition) is 2. The van der Waals surface area contributed by atoms with Crippen LogP contribution in [0.1, 0.15) is 0 Å². The van der Waals surface area contributed by atoms with E-state index in [1.54, 1.807) is 0 Å². The summed E-state index contributed by atoms with van der Waals surface area (Å²) in [5.74, 6) is -0.665. The fourth-order valence-corrected chi connectivity index (χ4v) is 1.96. The van der Waals surface area contributed by atoms with Gasteiger partial charge in [-0.15, -0.1) is 0 Å². The molecule has 0 atom stereocenters. The lowest BCUT2D eigenvalue weighted by atomic mass is 10.3. The maximum absolute atomic E-state index is 10.9. The Balaban J connectivity index is 3.08. The van der Waals surface area contributed by atoms with Crippen molar-refractivity contribution in [3.8, 4) is 0 Å². The average molecular weight is 273 g/mol. The Morgan fingerprint density at radius 1 is 0.929 bits per heavy atom. The Kier molecular flexibility index (Phi) is 2.43. The number of rotatable bonds is 0. The van der Waals surface area contributed by atoms with Crippen LogP contribution in [0.3, 0.4) is 0 Å². The molecule has 0 unspecified atom stereocenters. The van der Waals surface area contributed by atoms with E-state index >= 15 is 0 Å². The number of oxazole rings is 1. The zero-order valence-corrected chi connectivity index (χ0v) is 9.35. The molecule has 0 saturated heterocycles. The highest BCUT2D eigenvalue weighted by atomic mass is 35.5. The smallest absolute Gasteiger partial charge is 0.406 e. The summed E-state index contributed by atoms with van der Waals surface area (Å²) in [4.78, 5) is 13.2. The lowest BCUT2D eigenvalue weighted by Crippen LogP contribution is -1.93. The van der Waals surface area contributed by atoms with Gasteiger partial charge >= 0.3 is 5.76 Å². The number of aromatic amines is 1. The van der Waals surface area contributed by atoms with Crippen LogP contribution in [0.15, 0.2) is 9.21 Å². The molecule has 0 fully saturated rings. The number of fused-ring (bicyclic) bond motifs is 1. The van der Waals surface area contributed by atoms with Gasteiger partial charge in [-0.05, 0) is 0 Å². The molecular weight excluding hydrogens is 272 g/mol. The van der Waals surface area contributed by atoms with Crippen LogP contribution in [0.5, 0.6) is 0 Å². The van der Waals surface area contributed by atoms with Gasteiger partial charge in [-0.25, -0.2) is 4.79 Å². The van der Waals surface area contributed by atoms with Crippen molar-refractivity contribution >= 4 is 57.5 Å². The first kappa shape index (κ1) is 10.2. The predicted octanol–water partition coefficient (Wildman–Crippen LogP) is 3.73. The Morgan fingerprint density at radius 3 is 2.14 bits per heavy atom. The van der Waals surface area contributed by atoms with Crippen molar-refractivity contribution in [3.05, 3.63) is 30.6 Å². The van der Waals surface area contributed by atoms with Gasteiger partial charge < -0.3 is 4.42 Å². The van der Waals surface area contributed by atoms with Gasteiger partial charge in [0.15, 0.2) is 5.58 Å². The molecule has 0 bridgehead atoms. The van der Waals surface area contributed by atoms with Gasteiger partial charge in [0.1, 0.15) is 10.5 Å². The summed E-state index contributed by atoms with van der Waals surface area (Å²) < 4.78 is 4.74. The molecule has 1 N–H and O–H groups in total. The average Bonchev–Trinajstić information content (AvgIpc) is 2.54. The minimum atomic E-state index is -0.665. The standard InChI is InChI=1S/C7HCl4NO2/c8-1-2(9)4(11)6-5(3(1)10)12-7(13)14-6/h(H,12,13). The first-order chi connectivity index (χ1) is 6.52. The van der Waals surface area contributed by atoms with E-state index in [0.717, 1.165) is 0 Å². The Labute approximate surface area is 97.5 Å². The minimum absolute atomic E-state index is 0.0635. The molecule has 1 heterocycles. The fourth-order valence-electron chi connectivity index (χ4n) is 1.04. The Morgan fingerprint density at radius 2 is 1.50 bits per heavy atom. The molecule has 1 aromatic heterocycles. The van der Waals surface area contributed by atoms with E-state index in [-0.39, 0.29) is 31.2 Å². The van der Waals surface area contributed by atoms with Crippen molar-refractivity contribution in [2.24, 2.45) is 0 Å². The van der Waals surface area contributed by atoms with Crippen molar-refractivity contribution in [1.29, 1.82) is 0 Å². The van der Waals surface area contributed by atoms with E-state index in [4.69, 9.17) is 50.8 Å². The van der Waals surface area contributed by atoms with Crippen LogP contribution < -0.4 is 5.76 Å². The van der Waals surface area contributed by atoms with Crippen molar-refractivity contribution in [1.82, 2.24) is 4.98 Å². The van der Waals surface area contributed by atoms with E-state index < -0.39 is 5.76 Å². The molecule has 74 valence electrons. The van der Waals surface area contributed by atoms with E-state index in [1.165, 1.54) is 0 Å². The number of benzene rings is 1. The molecule has 0 aliphatic rings. The first-order valence-electron chi connectivity index (χ1n) is 3.37. The quantitative estimate of drug-likeness (QED) is 0.587. The van der Waals surface area contributed by atoms with Crippen LogP contribution in [0.2, 0.25) is 20.1 Å². The van der Waals surface area contributed by atoms with Crippen LogP contribution in [-0.2, 0) is 0 Å². The number of halogens is 4. The Bertz CT molecular complexity index is 523. The first-order valence-corrected chi connectivity index (χ1v) is 4.88. The summed E-state index contributed by atoms with van der Waals surface area (Å²) in [5.41, 5.74) is 0.354. The van der Waals surface area contributed by atoms with Crippen molar-refractivity contribution in [2.75, 3.05) is 0 Å². The summed E-state index contributed by atoms with van der Waals surface area (Å²) in [6.07, 6.45) is 0. The zero-order valence-electron chi connectivity index (χ0n) is 6.33. The van der Waals surface area contributed by atoms with Gasteiger partial charge in [0, 0.05) is 0 Å². The topological polar surface area (TPSA) is 46.0 Å². The third-order valence-corrected chi connectivity index (χ3v) is 3.43. The van der Waals surface area contributed by atoms with Gasteiger partial charge in [-0.2, -0.15) is 0 Å². The second-order valence-corrected chi connectivity index (χ2v) is 3.99. The number of hydrogen-bond donors (Lipinski definition) is 1. The van der Waals surface area contributed by atoms with Crippen molar-refractivity contribution < 1.29 is 4.42 Å². The summed E-state index contributed by atoms with van der Waals surface area (Å²) in [5, 5.41) is 0.327. The van der Waals surface area contributed by atoms with Crippen molar-refractivity contribution in [3.63, 3.8) is 0 Å². The third-order valence-electron chi connectivity index (χ3n) is 1.65. The molecule has 0 amide bonds. The van der Waals surface area contributed by atoms with E-state index in [2.05, 4.69) is 4.98 Å². The summed E-state index contributed by atoms with van der Waals surface area (Å²) >= 11 is 23.1. The third kappa shape index (κ3) is 1.32. The van der Waals surface area contributed by atoms with E-state index in [0.29, 0.717) is 0 Å². The fraction of sp³-hybridized carbons (Fsp3) is 0. The maximum Gasteiger partial charge on any atom is 0.417 e. The number of H-pyrrole nitrogens is 1. The van der Waals surface area contributed by atoms with Gasteiger partial charge in [-0.3, -0.25) is 4.98 Å². The molecular formula is C7HCl4NO2. The number of nitrogens with one attached hydrogen (secondary N) is 1. The molecule has 14 heavy (non-hydrogen) atoms. The van der Waals surface area contributed by atoms with Gasteiger partial charge in [0.2, 0.25) is 0 Å². The number of aromatic nitrogens is 1. The zero-order chi connectivity index (χ0) is 10.5. The van der Waals surface area contributed by atoms with Gasteiger partial charge in [-0.1, -0.05) is 46.4 Å². The molecule has 0 aliphatic heterocycles. The molecule has 3 nitrogen and oxygen atoms in total. The van der Waals surface area contributed by atoms with Crippen LogP contribution in [0, 0.1) is 0 Å². The highest BCUT2D eigenvalue weighted by molar-refractivity contribution is 6.54. The second kappa shape index (κ2) is 3.35.